The summed E-state index contributed by atoms with van der Waals surface area (Å²) in [5.41, 5.74) is 3.62. The molecule has 130 valence electrons. The molecule has 1 N–H and O–H groups in total. The second-order valence-corrected chi connectivity index (χ2v) is 6.46. The van der Waals surface area contributed by atoms with Crippen LogP contribution in [-0.2, 0) is 6.54 Å². The van der Waals surface area contributed by atoms with Crippen LogP contribution < -0.4 is 10.3 Å². The number of aliphatic hydroxyl groups is 1. The highest BCUT2D eigenvalue weighted by atomic mass is 16.5. The lowest BCUT2D eigenvalue weighted by Gasteiger charge is -2.15. The van der Waals surface area contributed by atoms with Crippen molar-refractivity contribution in [2.45, 2.75) is 33.4 Å². The SMILES string of the molecule is Cc1ccc(C)c(OCC(O)Cn2cnc3ccc(C)cc3c2=O)c1. The zero-order valence-electron chi connectivity index (χ0n) is 14.7. The largest absolute Gasteiger partial charge is 0.491 e. The maximum atomic E-state index is 12.6. The Balaban J connectivity index is 1.73. The highest BCUT2D eigenvalue weighted by Gasteiger charge is 2.11. The molecule has 0 bridgehead atoms. The van der Waals surface area contributed by atoms with Crippen LogP contribution in [0, 0.1) is 20.8 Å². The maximum Gasteiger partial charge on any atom is 0.261 e. The van der Waals surface area contributed by atoms with E-state index in [1.807, 2.05) is 57.2 Å². The maximum absolute atomic E-state index is 12.6. The van der Waals surface area contributed by atoms with Crippen LogP contribution in [0.25, 0.3) is 10.9 Å². The van der Waals surface area contributed by atoms with E-state index in [-0.39, 0.29) is 18.7 Å². The Kier molecular flexibility index (Phi) is 4.86. The fraction of sp³-hybridized carbons (Fsp3) is 0.300. The molecule has 5 heteroatoms. The Labute approximate surface area is 146 Å². The van der Waals surface area contributed by atoms with Gasteiger partial charge < -0.3 is 9.84 Å². The van der Waals surface area contributed by atoms with Crippen molar-refractivity contribution in [3.8, 4) is 5.75 Å². The zero-order valence-corrected chi connectivity index (χ0v) is 14.7. The van der Waals surface area contributed by atoms with Crippen LogP contribution >= 0.6 is 0 Å². The average Bonchev–Trinajstić information content (AvgIpc) is 2.58. The molecule has 0 saturated carbocycles. The van der Waals surface area contributed by atoms with E-state index in [1.165, 1.54) is 10.9 Å². The van der Waals surface area contributed by atoms with Gasteiger partial charge in [0.25, 0.3) is 5.56 Å². The second kappa shape index (κ2) is 7.07. The quantitative estimate of drug-likeness (QED) is 0.777. The topological polar surface area (TPSA) is 64.3 Å². The first-order valence-electron chi connectivity index (χ1n) is 8.28. The Hall–Kier alpha value is -2.66. The molecular formula is C20H22N2O3. The third kappa shape index (κ3) is 3.88. The minimum absolute atomic E-state index is 0.114. The summed E-state index contributed by atoms with van der Waals surface area (Å²) in [6.45, 7) is 6.14. The van der Waals surface area contributed by atoms with Gasteiger partial charge in [0.1, 0.15) is 18.5 Å². The first-order chi connectivity index (χ1) is 11.9. The molecular weight excluding hydrogens is 316 g/mol. The van der Waals surface area contributed by atoms with E-state index < -0.39 is 6.10 Å². The van der Waals surface area contributed by atoms with E-state index in [0.29, 0.717) is 10.9 Å². The van der Waals surface area contributed by atoms with Gasteiger partial charge in [-0.3, -0.25) is 9.36 Å². The van der Waals surface area contributed by atoms with Gasteiger partial charge in [0.05, 0.1) is 23.8 Å². The number of hydrogen-bond donors (Lipinski definition) is 1. The fourth-order valence-electron chi connectivity index (χ4n) is 2.73. The van der Waals surface area contributed by atoms with Crippen molar-refractivity contribution in [2.75, 3.05) is 6.61 Å². The van der Waals surface area contributed by atoms with Crippen LogP contribution in [-0.4, -0.2) is 27.4 Å². The lowest BCUT2D eigenvalue weighted by atomic mass is 10.1. The van der Waals surface area contributed by atoms with Crippen molar-refractivity contribution >= 4 is 10.9 Å². The molecule has 2 aromatic carbocycles. The Morgan fingerprint density at radius 3 is 2.64 bits per heavy atom. The van der Waals surface area contributed by atoms with E-state index in [0.717, 1.165) is 22.4 Å². The molecule has 1 heterocycles. The van der Waals surface area contributed by atoms with Crippen molar-refractivity contribution in [3.63, 3.8) is 0 Å². The predicted molar refractivity (Wildman–Crippen MR) is 98.2 cm³/mol. The van der Waals surface area contributed by atoms with Crippen LogP contribution in [0.2, 0.25) is 0 Å². The van der Waals surface area contributed by atoms with E-state index in [2.05, 4.69) is 4.98 Å². The number of rotatable bonds is 5. The summed E-state index contributed by atoms with van der Waals surface area (Å²) >= 11 is 0. The van der Waals surface area contributed by atoms with Crippen LogP contribution in [0.3, 0.4) is 0 Å². The minimum Gasteiger partial charge on any atom is -0.491 e. The number of aliphatic hydroxyl groups excluding tert-OH is 1. The van der Waals surface area contributed by atoms with Gasteiger partial charge in [0.15, 0.2) is 0 Å². The number of nitrogens with zero attached hydrogens (tertiary/aromatic N) is 2. The number of benzene rings is 2. The number of aromatic nitrogens is 2. The first-order valence-corrected chi connectivity index (χ1v) is 8.28. The van der Waals surface area contributed by atoms with E-state index in [9.17, 15) is 9.90 Å². The number of aryl methyl sites for hydroxylation is 3. The normalized spacial score (nSPS) is 12.3. The first kappa shape index (κ1) is 17.2. The molecule has 0 fully saturated rings. The third-order valence-corrected chi connectivity index (χ3v) is 4.16. The van der Waals surface area contributed by atoms with Crippen molar-refractivity contribution in [2.24, 2.45) is 0 Å². The molecule has 1 aromatic heterocycles. The summed E-state index contributed by atoms with van der Waals surface area (Å²) in [4.78, 5) is 16.9. The van der Waals surface area contributed by atoms with Crippen LogP contribution in [0.5, 0.6) is 5.75 Å². The molecule has 0 aliphatic heterocycles. The highest BCUT2D eigenvalue weighted by molar-refractivity contribution is 5.77. The minimum atomic E-state index is -0.804. The lowest BCUT2D eigenvalue weighted by molar-refractivity contribution is 0.0911. The fourth-order valence-corrected chi connectivity index (χ4v) is 2.73. The Bertz CT molecular complexity index is 963. The van der Waals surface area contributed by atoms with E-state index in [1.54, 1.807) is 0 Å². The lowest BCUT2D eigenvalue weighted by Crippen LogP contribution is -2.30. The molecule has 3 rings (SSSR count). The Morgan fingerprint density at radius 1 is 1.12 bits per heavy atom. The molecule has 0 amide bonds. The molecule has 5 nitrogen and oxygen atoms in total. The van der Waals surface area contributed by atoms with Gasteiger partial charge in [-0.25, -0.2) is 4.98 Å². The van der Waals surface area contributed by atoms with Crippen molar-refractivity contribution < 1.29 is 9.84 Å². The molecule has 0 saturated heterocycles. The summed E-state index contributed by atoms with van der Waals surface area (Å²) in [5.74, 6) is 0.749. The monoisotopic (exact) mass is 338 g/mol. The number of hydrogen-bond acceptors (Lipinski definition) is 4. The second-order valence-electron chi connectivity index (χ2n) is 6.46. The standard InChI is InChI=1S/C20H22N2O3/c1-13-5-7-18-17(8-13)20(24)22(12-21-18)10-16(23)11-25-19-9-14(2)4-6-15(19)3/h4-9,12,16,23H,10-11H2,1-3H3. The third-order valence-electron chi connectivity index (χ3n) is 4.16. The number of ether oxygens (including phenoxy) is 1. The smallest absolute Gasteiger partial charge is 0.261 e. The van der Waals surface area contributed by atoms with E-state index in [4.69, 9.17) is 4.74 Å². The summed E-state index contributed by atoms with van der Waals surface area (Å²) < 4.78 is 7.14. The van der Waals surface area contributed by atoms with Gasteiger partial charge in [0, 0.05) is 0 Å². The van der Waals surface area contributed by atoms with Gasteiger partial charge in [-0.15, -0.1) is 0 Å². The van der Waals surface area contributed by atoms with Gasteiger partial charge in [-0.2, -0.15) is 0 Å². The van der Waals surface area contributed by atoms with E-state index >= 15 is 0 Å². The van der Waals surface area contributed by atoms with Crippen molar-refractivity contribution in [1.82, 2.24) is 9.55 Å². The number of fused-ring (bicyclic) bond motifs is 1. The molecule has 0 aliphatic rings. The molecule has 0 aliphatic carbocycles. The summed E-state index contributed by atoms with van der Waals surface area (Å²) in [5, 5.41) is 10.8. The van der Waals surface area contributed by atoms with Crippen LogP contribution in [0.1, 0.15) is 16.7 Å². The Morgan fingerprint density at radius 2 is 1.84 bits per heavy atom. The zero-order chi connectivity index (χ0) is 18.0. The van der Waals surface area contributed by atoms with Gasteiger partial charge in [-0.1, -0.05) is 23.8 Å². The molecule has 0 spiro atoms. The van der Waals surface area contributed by atoms with Crippen molar-refractivity contribution in [1.29, 1.82) is 0 Å². The van der Waals surface area contributed by atoms with Gasteiger partial charge in [-0.05, 0) is 50.1 Å². The van der Waals surface area contributed by atoms with Crippen LogP contribution in [0.4, 0.5) is 0 Å². The predicted octanol–water partition coefficient (Wildman–Crippen LogP) is 2.76. The molecule has 1 unspecified atom stereocenters. The molecule has 3 aromatic rings. The summed E-state index contributed by atoms with van der Waals surface area (Å²) in [6, 6.07) is 11.5. The molecule has 1 atom stereocenters. The summed E-state index contributed by atoms with van der Waals surface area (Å²) in [6.07, 6.45) is 0.669. The molecule has 0 radical (unpaired) electrons. The average molecular weight is 338 g/mol. The molecule has 25 heavy (non-hydrogen) atoms. The van der Waals surface area contributed by atoms with Gasteiger partial charge >= 0.3 is 0 Å². The van der Waals surface area contributed by atoms with Gasteiger partial charge in [0.2, 0.25) is 0 Å². The van der Waals surface area contributed by atoms with Crippen molar-refractivity contribution in [3.05, 3.63) is 69.8 Å². The van der Waals surface area contributed by atoms with Crippen LogP contribution in [0.15, 0.2) is 47.5 Å². The summed E-state index contributed by atoms with van der Waals surface area (Å²) in [7, 11) is 0. The highest BCUT2D eigenvalue weighted by Crippen LogP contribution is 2.19.